The second kappa shape index (κ2) is 4.37. The van der Waals surface area contributed by atoms with Crippen molar-refractivity contribution in [3.63, 3.8) is 0 Å². The van der Waals surface area contributed by atoms with Gasteiger partial charge in [0.2, 0.25) is 0 Å². The van der Waals surface area contributed by atoms with Crippen molar-refractivity contribution >= 4 is 5.82 Å². The molecular weight excluding hydrogens is 206 g/mol. The van der Waals surface area contributed by atoms with Crippen molar-refractivity contribution in [1.29, 1.82) is 5.26 Å². The smallest absolute Gasteiger partial charge is 0.252 e. The normalized spacial score (nSPS) is 9.75. The van der Waals surface area contributed by atoms with Crippen LogP contribution in [0.4, 0.5) is 5.82 Å². The molecule has 2 heterocycles. The molecule has 3 N–H and O–H groups in total. The Morgan fingerprint density at radius 1 is 1.44 bits per heavy atom. The Balaban J connectivity index is 2.11. The van der Waals surface area contributed by atoms with Crippen molar-refractivity contribution in [1.82, 2.24) is 19.7 Å². The zero-order valence-electron chi connectivity index (χ0n) is 8.33. The number of rotatable bonds is 3. The van der Waals surface area contributed by atoms with E-state index in [9.17, 15) is 0 Å². The Labute approximate surface area is 91.5 Å². The first-order chi connectivity index (χ1) is 7.81. The monoisotopic (exact) mass is 215 g/mol. The van der Waals surface area contributed by atoms with Crippen LogP contribution in [0, 0.1) is 11.3 Å². The van der Waals surface area contributed by atoms with E-state index in [1.165, 1.54) is 6.33 Å². The molecule has 0 saturated carbocycles. The molecule has 0 radical (unpaired) electrons. The van der Waals surface area contributed by atoms with Crippen LogP contribution in [0.3, 0.4) is 0 Å². The number of nitrogens with zero attached hydrogens (tertiary/aromatic N) is 5. The van der Waals surface area contributed by atoms with Crippen LogP contribution in [-0.4, -0.2) is 19.7 Å². The lowest BCUT2D eigenvalue weighted by molar-refractivity contribution is 0.680. The third kappa shape index (κ3) is 2.13. The lowest BCUT2D eigenvalue weighted by atomic mass is 10.3. The minimum absolute atomic E-state index is 0.160. The van der Waals surface area contributed by atoms with Crippen LogP contribution in [0.5, 0.6) is 0 Å². The van der Waals surface area contributed by atoms with Crippen LogP contribution >= 0.6 is 0 Å². The summed E-state index contributed by atoms with van der Waals surface area (Å²) in [7, 11) is 0. The number of hydrogen-bond acceptors (Lipinski definition) is 6. The van der Waals surface area contributed by atoms with E-state index < -0.39 is 0 Å². The molecule has 0 aliphatic carbocycles. The summed E-state index contributed by atoms with van der Waals surface area (Å²) in [5, 5.41) is 12.5. The molecule has 16 heavy (non-hydrogen) atoms. The number of pyridine rings is 1. The van der Waals surface area contributed by atoms with E-state index >= 15 is 0 Å². The Bertz CT molecular complexity index is 507. The first-order valence-corrected chi connectivity index (χ1v) is 4.53. The molecule has 2 aromatic rings. The standard InChI is InChI=1S/C9H9N7/c10-3-9-13-6-16(15-9)5-7-1-2-8(14-11)12-4-7/h1-2,4,6H,5,11H2,(H,12,14). The quantitative estimate of drug-likeness (QED) is 0.546. The van der Waals surface area contributed by atoms with Gasteiger partial charge in [0.25, 0.3) is 5.82 Å². The second-order valence-electron chi connectivity index (χ2n) is 3.07. The number of nitriles is 1. The number of nitrogens with two attached hydrogens (primary N) is 1. The number of hydrogen-bond donors (Lipinski definition) is 2. The zero-order valence-corrected chi connectivity index (χ0v) is 8.33. The molecule has 80 valence electrons. The molecule has 0 aliphatic rings. The maximum atomic E-state index is 8.56. The van der Waals surface area contributed by atoms with Crippen molar-refractivity contribution in [3.05, 3.63) is 36.0 Å². The highest BCUT2D eigenvalue weighted by atomic mass is 15.3. The third-order valence-corrected chi connectivity index (χ3v) is 1.95. The maximum absolute atomic E-state index is 8.56. The molecule has 0 bridgehead atoms. The van der Waals surface area contributed by atoms with Gasteiger partial charge in [0.15, 0.2) is 0 Å². The highest BCUT2D eigenvalue weighted by Crippen LogP contribution is 2.04. The average molecular weight is 215 g/mol. The van der Waals surface area contributed by atoms with Crippen molar-refractivity contribution in [2.24, 2.45) is 5.84 Å². The van der Waals surface area contributed by atoms with Gasteiger partial charge in [-0.1, -0.05) is 6.07 Å². The predicted octanol–water partition coefficient (Wildman–Crippen LogP) is -0.121. The predicted molar refractivity (Wildman–Crippen MR) is 55.9 cm³/mol. The summed E-state index contributed by atoms with van der Waals surface area (Å²) in [4.78, 5) is 7.86. The van der Waals surface area contributed by atoms with Gasteiger partial charge >= 0.3 is 0 Å². The summed E-state index contributed by atoms with van der Waals surface area (Å²) in [6.07, 6.45) is 3.19. The molecule has 0 saturated heterocycles. The molecule has 7 nitrogen and oxygen atoms in total. The fraction of sp³-hybridized carbons (Fsp3) is 0.111. The first kappa shape index (κ1) is 10.1. The van der Waals surface area contributed by atoms with Gasteiger partial charge in [-0.15, -0.1) is 5.10 Å². The fourth-order valence-electron chi connectivity index (χ4n) is 1.21. The molecule has 0 fully saturated rings. The van der Waals surface area contributed by atoms with E-state index in [2.05, 4.69) is 20.5 Å². The Morgan fingerprint density at radius 2 is 2.31 bits per heavy atom. The van der Waals surface area contributed by atoms with Crippen LogP contribution in [0.2, 0.25) is 0 Å². The minimum atomic E-state index is 0.160. The molecule has 2 rings (SSSR count). The van der Waals surface area contributed by atoms with Gasteiger partial charge in [-0.25, -0.2) is 20.5 Å². The highest BCUT2D eigenvalue weighted by molar-refractivity contribution is 5.33. The van der Waals surface area contributed by atoms with Gasteiger partial charge in [0, 0.05) is 6.20 Å². The van der Waals surface area contributed by atoms with Gasteiger partial charge < -0.3 is 5.43 Å². The number of aromatic nitrogens is 4. The summed E-state index contributed by atoms with van der Waals surface area (Å²) >= 11 is 0. The van der Waals surface area contributed by atoms with E-state index in [1.54, 1.807) is 16.9 Å². The van der Waals surface area contributed by atoms with E-state index in [1.807, 2.05) is 12.1 Å². The molecule has 0 amide bonds. The number of hydrazine groups is 1. The Hall–Kier alpha value is -2.46. The van der Waals surface area contributed by atoms with Crippen LogP contribution in [0.15, 0.2) is 24.7 Å². The SMILES string of the molecule is N#Cc1ncn(Cc2ccc(NN)nc2)n1. The summed E-state index contributed by atoms with van der Waals surface area (Å²) in [6.45, 7) is 0.520. The average Bonchev–Trinajstić information content (AvgIpc) is 2.78. The van der Waals surface area contributed by atoms with Crippen LogP contribution in [0.25, 0.3) is 0 Å². The number of nitrogens with one attached hydrogen (secondary N) is 1. The van der Waals surface area contributed by atoms with Crippen molar-refractivity contribution < 1.29 is 0 Å². The highest BCUT2D eigenvalue weighted by Gasteiger charge is 2.00. The van der Waals surface area contributed by atoms with E-state index in [4.69, 9.17) is 11.1 Å². The van der Waals surface area contributed by atoms with Gasteiger partial charge in [-0.2, -0.15) is 5.26 Å². The van der Waals surface area contributed by atoms with Gasteiger partial charge in [-0.05, 0) is 11.6 Å². The lowest BCUT2D eigenvalue weighted by Gasteiger charge is -2.02. The molecule has 7 heteroatoms. The van der Waals surface area contributed by atoms with Crippen molar-refractivity contribution in [2.75, 3.05) is 5.43 Å². The Morgan fingerprint density at radius 3 is 2.88 bits per heavy atom. The van der Waals surface area contributed by atoms with Crippen molar-refractivity contribution in [3.8, 4) is 6.07 Å². The van der Waals surface area contributed by atoms with Gasteiger partial charge in [0.1, 0.15) is 18.2 Å². The van der Waals surface area contributed by atoms with Crippen LogP contribution in [0.1, 0.15) is 11.4 Å². The largest absolute Gasteiger partial charge is 0.308 e. The summed E-state index contributed by atoms with van der Waals surface area (Å²) in [5.74, 6) is 5.96. The molecule has 2 aromatic heterocycles. The number of anilines is 1. The molecule has 0 spiro atoms. The zero-order chi connectivity index (χ0) is 11.4. The molecule has 0 atom stereocenters. The van der Waals surface area contributed by atoms with Gasteiger partial charge in [-0.3, -0.25) is 0 Å². The van der Waals surface area contributed by atoms with Crippen LogP contribution < -0.4 is 11.3 Å². The Kier molecular flexibility index (Phi) is 2.75. The van der Waals surface area contributed by atoms with Crippen molar-refractivity contribution in [2.45, 2.75) is 6.54 Å². The van der Waals surface area contributed by atoms with Crippen LogP contribution in [-0.2, 0) is 6.54 Å². The topological polar surface area (TPSA) is 105 Å². The van der Waals surface area contributed by atoms with E-state index in [0.717, 1.165) is 5.56 Å². The second-order valence-corrected chi connectivity index (χ2v) is 3.07. The molecular formula is C9H9N7. The van der Waals surface area contributed by atoms with E-state index in [-0.39, 0.29) is 5.82 Å². The lowest BCUT2D eigenvalue weighted by Crippen LogP contribution is -2.08. The van der Waals surface area contributed by atoms with Gasteiger partial charge in [0.05, 0.1) is 6.54 Å². The summed E-state index contributed by atoms with van der Waals surface area (Å²) in [6, 6.07) is 5.50. The molecule has 0 aliphatic heterocycles. The summed E-state index contributed by atoms with van der Waals surface area (Å²) < 4.78 is 1.57. The number of nitrogen functional groups attached to an aromatic ring is 1. The maximum Gasteiger partial charge on any atom is 0.252 e. The fourth-order valence-corrected chi connectivity index (χ4v) is 1.21. The first-order valence-electron chi connectivity index (χ1n) is 4.53. The third-order valence-electron chi connectivity index (χ3n) is 1.95. The van der Waals surface area contributed by atoms with E-state index in [0.29, 0.717) is 12.4 Å². The molecule has 0 aromatic carbocycles. The minimum Gasteiger partial charge on any atom is -0.308 e. The molecule has 0 unspecified atom stereocenters. The summed E-state index contributed by atoms with van der Waals surface area (Å²) in [5.41, 5.74) is 3.39.